The molecule has 0 radical (unpaired) electrons. The second kappa shape index (κ2) is 7.16. The zero-order valence-electron chi connectivity index (χ0n) is 14.9. The van der Waals surface area contributed by atoms with Crippen molar-refractivity contribution in [3.05, 3.63) is 65.7 Å². The number of hydrogen-bond donors (Lipinski definition) is 0. The average molecular weight is 353 g/mol. The number of halogens is 1. The maximum Gasteiger partial charge on any atom is 0.223 e. The normalized spacial score (nSPS) is 20.0. The molecule has 1 aromatic carbocycles. The van der Waals surface area contributed by atoms with Crippen LogP contribution in [0.5, 0.6) is 0 Å². The third-order valence-corrected chi connectivity index (χ3v) is 5.74. The van der Waals surface area contributed by atoms with E-state index in [4.69, 9.17) is 0 Å². The number of benzene rings is 1. The van der Waals surface area contributed by atoms with Gasteiger partial charge in [0.2, 0.25) is 5.91 Å². The molecule has 1 spiro atoms. The number of rotatable bonds is 4. The van der Waals surface area contributed by atoms with Gasteiger partial charge in [0.1, 0.15) is 5.82 Å². The van der Waals surface area contributed by atoms with E-state index < -0.39 is 0 Å². The number of pyridine rings is 1. The van der Waals surface area contributed by atoms with Gasteiger partial charge in [-0.3, -0.25) is 14.7 Å². The number of nitrogens with zero attached hydrogens (tertiary/aromatic N) is 3. The van der Waals surface area contributed by atoms with Crippen molar-refractivity contribution in [1.82, 2.24) is 14.8 Å². The number of amides is 1. The van der Waals surface area contributed by atoms with Crippen molar-refractivity contribution in [1.29, 1.82) is 0 Å². The van der Waals surface area contributed by atoms with Gasteiger partial charge in [-0.1, -0.05) is 12.1 Å². The second-order valence-corrected chi connectivity index (χ2v) is 7.69. The lowest BCUT2D eigenvalue weighted by Crippen LogP contribution is -2.41. The van der Waals surface area contributed by atoms with Gasteiger partial charge >= 0.3 is 0 Å². The van der Waals surface area contributed by atoms with E-state index in [-0.39, 0.29) is 17.1 Å². The molecule has 136 valence electrons. The molecule has 0 bridgehead atoms. The van der Waals surface area contributed by atoms with Crippen LogP contribution in [0.1, 0.15) is 30.4 Å². The molecular weight excluding hydrogens is 329 g/mol. The van der Waals surface area contributed by atoms with Gasteiger partial charge in [-0.05, 0) is 66.7 Å². The van der Waals surface area contributed by atoms with E-state index in [1.807, 2.05) is 23.4 Å². The summed E-state index contributed by atoms with van der Waals surface area (Å²) in [6, 6.07) is 10.7. The Morgan fingerprint density at radius 1 is 1.04 bits per heavy atom. The maximum absolute atomic E-state index is 13.4. The van der Waals surface area contributed by atoms with Gasteiger partial charge in [-0.25, -0.2) is 4.39 Å². The van der Waals surface area contributed by atoms with Crippen LogP contribution in [0.15, 0.2) is 48.8 Å². The fourth-order valence-electron chi connectivity index (χ4n) is 4.25. The van der Waals surface area contributed by atoms with E-state index in [0.29, 0.717) is 13.0 Å². The molecule has 26 heavy (non-hydrogen) atoms. The van der Waals surface area contributed by atoms with Gasteiger partial charge in [0, 0.05) is 38.4 Å². The number of carbonyl (C=O) groups excluding carboxylic acids is 1. The van der Waals surface area contributed by atoms with Crippen LogP contribution in [0.4, 0.5) is 4.39 Å². The molecule has 2 aliphatic heterocycles. The first-order valence-corrected chi connectivity index (χ1v) is 9.25. The highest BCUT2D eigenvalue weighted by Gasteiger charge is 2.44. The first-order valence-electron chi connectivity index (χ1n) is 9.25. The summed E-state index contributed by atoms with van der Waals surface area (Å²) in [5, 5.41) is 0. The molecule has 4 nitrogen and oxygen atoms in total. The molecule has 3 heterocycles. The third kappa shape index (κ3) is 3.78. The molecule has 0 atom stereocenters. The summed E-state index contributed by atoms with van der Waals surface area (Å²) < 4.78 is 13.4. The number of piperidine rings is 1. The number of carbonyl (C=O) groups is 1. The van der Waals surface area contributed by atoms with Crippen molar-refractivity contribution in [2.75, 3.05) is 19.6 Å². The van der Waals surface area contributed by atoms with E-state index in [2.05, 4.69) is 22.0 Å². The predicted octanol–water partition coefficient (Wildman–Crippen LogP) is 3.24. The minimum absolute atomic E-state index is 0.0964. The van der Waals surface area contributed by atoms with Gasteiger partial charge in [-0.15, -0.1) is 0 Å². The minimum Gasteiger partial charge on any atom is -0.338 e. The Bertz CT molecular complexity index is 772. The fourth-order valence-corrected chi connectivity index (χ4v) is 4.25. The molecular formula is C21H24FN3O. The summed E-state index contributed by atoms with van der Waals surface area (Å²) in [6.45, 7) is 4.29. The van der Waals surface area contributed by atoms with Crippen molar-refractivity contribution >= 4 is 5.91 Å². The maximum atomic E-state index is 13.4. The lowest BCUT2D eigenvalue weighted by atomic mass is 9.77. The Morgan fingerprint density at radius 3 is 2.54 bits per heavy atom. The lowest BCUT2D eigenvalue weighted by Gasteiger charge is -2.38. The predicted molar refractivity (Wildman–Crippen MR) is 97.6 cm³/mol. The molecule has 2 aliphatic rings. The smallest absolute Gasteiger partial charge is 0.223 e. The Hall–Kier alpha value is -2.27. The highest BCUT2D eigenvalue weighted by Crippen LogP contribution is 2.41. The highest BCUT2D eigenvalue weighted by molar-refractivity contribution is 5.79. The van der Waals surface area contributed by atoms with Crippen LogP contribution >= 0.6 is 0 Å². The SMILES string of the molecule is O=C1CC2(CCN(Cc3ccncc3)CC2)CN1Cc1cccc(F)c1. The quantitative estimate of drug-likeness (QED) is 0.847. The fraction of sp³-hybridized carbons (Fsp3) is 0.429. The summed E-state index contributed by atoms with van der Waals surface area (Å²) in [5.41, 5.74) is 2.25. The Kier molecular flexibility index (Phi) is 4.72. The molecule has 1 aromatic heterocycles. The van der Waals surface area contributed by atoms with Crippen LogP contribution in [0.2, 0.25) is 0 Å². The van der Waals surface area contributed by atoms with Crippen LogP contribution in [-0.2, 0) is 17.9 Å². The average Bonchev–Trinajstić information content (AvgIpc) is 2.93. The van der Waals surface area contributed by atoms with Gasteiger partial charge < -0.3 is 4.90 Å². The van der Waals surface area contributed by atoms with Gasteiger partial charge in [0.15, 0.2) is 0 Å². The van der Waals surface area contributed by atoms with Crippen LogP contribution in [-0.4, -0.2) is 40.3 Å². The van der Waals surface area contributed by atoms with Gasteiger partial charge in [0.05, 0.1) is 0 Å². The Morgan fingerprint density at radius 2 is 1.81 bits per heavy atom. The Labute approximate surface area is 153 Å². The third-order valence-electron chi connectivity index (χ3n) is 5.74. The standard InChI is InChI=1S/C21H24FN3O/c22-19-3-1-2-18(12-19)15-25-16-21(13-20(25)26)6-10-24(11-7-21)14-17-4-8-23-9-5-17/h1-5,8-9,12H,6-7,10-11,13-16H2. The number of hydrogen-bond acceptors (Lipinski definition) is 3. The summed E-state index contributed by atoms with van der Waals surface area (Å²) in [5.74, 6) is -0.0369. The second-order valence-electron chi connectivity index (χ2n) is 7.69. The van der Waals surface area contributed by atoms with Crippen LogP contribution in [0.25, 0.3) is 0 Å². The lowest BCUT2D eigenvalue weighted by molar-refractivity contribution is -0.128. The van der Waals surface area contributed by atoms with Crippen molar-refractivity contribution in [2.24, 2.45) is 5.41 Å². The zero-order valence-corrected chi connectivity index (χ0v) is 14.9. The first-order chi connectivity index (χ1) is 12.6. The highest BCUT2D eigenvalue weighted by atomic mass is 19.1. The zero-order chi connectivity index (χ0) is 18.0. The van der Waals surface area contributed by atoms with E-state index >= 15 is 0 Å². The van der Waals surface area contributed by atoms with Crippen LogP contribution in [0.3, 0.4) is 0 Å². The summed E-state index contributed by atoms with van der Waals surface area (Å²) in [7, 11) is 0. The van der Waals surface area contributed by atoms with Crippen molar-refractivity contribution in [3.63, 3.8) is 0 Å². The van der Waals surface area contributed by atoms with E-state index in [9.17, 15) is 9.18 Å². The number of likely N-dealkylation sites (tertiary alicyclic amines) is 2. The minimum atomic E-state index is -0.242. The van der Waals surface area contributed by atoms with Crippen molar-refractivity contribution < 1.29 is 9.18 Å². The van der Waals surface area contributed by atoms with Crippen LogP contribution in [0, 0.1) is 11.2 Å². The van der Waals surface area contributed by atoms with E-state index in [1.165, 1.54) is 17.7 Å². The molecule has 0 unspecified atom stereocenters. The molecule has 5 heteroatoms. The monoisotopic (exact) mass is 353 g/mol. The largest absolute Gasteiger partial charge is 0.338 e. The summed E-state index contributed by atoms with van der Waals surface area (Å²) >= 11 is 0. The molecule has 0 aliphatic carbocycles. The summed E-state index contributed by atoms with van der Waals surface area (Å²) in [4.78, 5) is 21.0. The van der Waals surface area contributed by atoms with Crippen LogP contribution < -0.4 is 0 Å². The molecule has 2 fully saturated rings. The molecule has 4 rings (SSSR count). The van der Waals surface area contributed by atoms with Crippen molar-refractivity contribution in [2.45, 2.75) is 32.4 Å². The van der Waals surface area contributed by atoms with Gasteiger partial charge in [-0.2, -0.15) is 0 Å². The molecule has 0 saturated carbocycles. The summed E-state index contributed by atoms with van der Waals surface area (Å²) in [6.07, 6.45) is 6.39. The first kappa shape index (κ1) is 17.2. The molecule has 2 saturated heterocycles. The number of aromatic nitrogens is 1. The van der Waals surface area contributed by atoms with Crippen molar-refractivity contribution in [3.8, 4) is 0 Å². The topological polar surface area (TPSA) is 36.4 Å². The van der Waals surface area contributed by atoms with E-state index in [0.717, 1.165) is 44.6 Å². The Balaban J connectivity index is 1.35. The molecule has 2 aromatic rings. The molecule has 1 amide bonds. The van der Waals surface area contributed by atoms with E-state index in [1.54, 1.807) is 6.07 Å². The molecule has 0 N–H and O–H groups in total. The van der Waals surface area contributed by atoms with Gasteiger partial charge in [0.25, 0.3) is 0 Å².